The van der Waals surface area contributed by atoms with E-state index >= 15 is 0 Å². The van der Waals surface area contributed by atoms with Gasteiger partial charge in [-0.2, -0.15) is 0 Å². The zero-order chi connectivity index (χ0) is 15.4. The lowest BCUT2D eigenvalue weighted by molar-refractivity contribution is -0.119. The Hall–Kier alpha value is -2.24. The third kappa shape index (κ3) is 3.26. The van der Waals surface area contributed by atoms with Gasteiger partial charge in [0.15, 0.2) is 0 Å². The van der Waals surface area contributed by atoms with Gasteiger partial charge in [0.1, 0.15) is 11.3 Å². The van der Waals surface area contributed by atoms with Crippen molar-refractivity contribution in [3.63, 3.8) is 0 Å². The fraction of sp³-hybridized carbons (Fsp3) is 0.467. The Kier molecular flexibility index (Phi) is 4.67. The van der Waals surface area contributed by atoms with Crippen molar-refractivity contribution < 1.29 is 14.3 Å². The van der Waals surface area contributed by atoms with Gasteiger partial charge in [-0.3, -0.25) is 9.59 Å². The molecule has 0 aromatic heterocycles. The molecule has 0 spiro atoms. The Morgan fingerprint density at radius 3 is 2.57 bits per heavy atom. The molecule has 1 aliphatic carbocycles. The van der Waals surface area contributed by atoms with Gasteiger partial charge in [0.05, 0.1) is 13.7 Å². The summed E-state index contributed by atoms with van der Waals surface area (Å²) in [6.45, 7) is -0.0962. The summed E-state index contributed by atoms with van der Waals surface area (Å²) >= 11 is 0. The second-order valence-corrected chi connectivity index (χ2v) is 5.26. The summed E-state index contributed by atoms with van der Waals surface area (Å²) < 4.78 is 5.22. The molecule has 0 aliphatic heterocycles. The Morgan fingerprint density at radius 2 is 2.00 bits per heavy atom. The highest BCUT2D eigenvalue weighted by atomic mass is 16.5. The number of hydrogen-bond acceptors (Lipinski definition) is 4. The lowest BCUT2D eigenvalue weighted by Gasteiger charge is -2.28. The van der Waals surface area contributed by atoms with E-state index in [-0.39, 0.29) is 18.5 Å². The van der Waals surface area contributed by atoms with Crippen molar-refractivity contribution in [2.45, 2.75) is 31.7 Å². The third-order valence-electron chi connectivity index (χ3n) is 3.84. The van der Waals surface area contributed by atoms with Gasteiger partial charge in [-0.05, 0) is 25.0 Å². The highest BCUT2D eigenvalue weighted by molar-refractivity contribution is 6.03. The number of rotatable bonds is 5. The van der Waals surface area contributed by atoms with E-state index in [0.717, 1.165) is 25.7 Å². The summed E-state index contributed by atoms with van der Waals surface area (Å²) in [5, 5.41) is 0. The first-order chi connectivity index (χ1) is 10.0. The van der Waals surface area contributed by atoms with Crippen molar-refractivity contribution in [2.24, 2.45) is 5.73 Å². The van der Waals surface area contributed by atoms with Crippen molar-refractivity contribution in [1.29, 1.82) is 0 Å². The van der Waals surface area contributed by atoms with Crippen LogP contribution in [0, 0.1) is 0 Å². The lowest BCUT2D eigenvalue weighted by atomic mass is 10.1. The molecule has 6 nitrogen and oxygen atoms in total. The molecule has 0 atom stereocenters. The Balaban J connectivity index is 2.35. The van der Waals surface area contributed by atoms with E-state index in [1.807, 2.05) is 0 Å². The summed E-state index contributed by atoms with van der Waals surface area (Å²) in [7, 11) is 1.49. The second kappa shape index (κ2) is 6.47. The van der Waals surface area contributed by atoms with Crippen LogP contribution in [0.25, 0.3) is 0 Å². The Morgan fingerprint density at radius 1 is 1.33 bits per heavy atom. The van der Waals surface area contributed by atoms with Gasteiger partial charge in [0.25, 0.3) is 5.91 Å². The molecule has 0 heterocycles. The van der Waals surface area contributed by atoms with Gasteiger partial charge in [0.2, 0.25) is 5.91 Å². The summed E-state index contributed by atoms with van der Waals surface area (Å²) in [5.41, 5.74) is 11.9. The molecule has 1 aromatic rings. The highest BCUT2D eigenvalue weighted by Crippen LogP contribution is 2.30. The first-order valence-electron chi connectivity index (χ1n) is 7.06. The molecule has 0 bridgehead atoms. The van der Waals surface area contributed by atoms with Crippen LogP contribution in [0.5, 0.6) is 5.75 Å². The van der Waals surface area contributed by atoms with Gasteiger partial charge in [-0.15, -0.1) is 0 Å². The molecule has 1 aromatic carbocycles. The number of amides is 2. The molecule has 1 aliphatic rings. The third-order valence-corrected chi connectivity index (χ3v) is 3.84. The zero-order valence-electron chi connectivity index (χ0n) is 12.2. The quantitative estimate of drug-likeness (QED) is 0.795. The smallest absolute Gasteiger partial charge is 0.260 e. The SMILES string of the molecule is COc1cccc(N)c1C(=O)N(CC(N)=O)C1CCCC1. The number of primary amides is 1. The standard InChI is InChI=1S/C15H21N3O3/c1-21-12-8-4-7-11(16)14(12)15(20)18(9-13(17)19)10-5-2-3-6-10/h4,7-8,10H,2-3,5-6,9,16H2,1H3,(H2,17,19). The first-order valence-corrected chi connectivity index (χ1v) is 7.06. The number of nitrogen functional groups attached to an aromatic ring is 1. The van der Waals surface area contributed by atoms with Crippen LogP contribution in [0.15, 0.2) is 18.2 Å². The number of carbonyl (C=O) groups is 2. The zero-order valence-corrected chi connectivity index (χ0v) is 12.2. The summed E-state index contributed by atoms with van der Waals surface area (Å²) in [6.07, 6.45) is 3.87. The molecular weight excluding hydrogens is 270 g/mol. The van der Waals surface area contributed by atoms with Crippen LogP contribution >= 0.6 is 0 Å². The Labute approximate surface area is 124 Å². The molecule has 0 unspecified atom stereocenters. The van der Waals surface area contributed by atoms with E-state index in [9.17, 15) is 9.59 Å². The Bertz CT molecular complexity index is 539. The van der Waals surface area contributed by atoms with Crippen LogP contribution in [0.3, 0.4) is 0 Å². The van der Waals surface area contributed by atoms with Crippen LogP contribution < -0.4 is 16.2 Å². The lowest BCUT2D eigenvalue weighted by Crippen LogP contribution is -2.44. The highest BCUT2D eigenvalue weighted by Gasteiger charge is 2.31. The minimum Gasteiger partial charge on any atom is -0.496 e. The van der Waals surface area contributed by atoms with Crippen LogP contribution in [-0.4, -0.2) is 36.4 Å². The molecule has 1 saturated carbocycles. The summed E-state index contributed by atoms with van der Waals surface area (Å²) in [4.78, 5) is 25.7. The molecule has 21 heavy (non-hydrogen) atoms. The van der Waals surface area contributed by atoms with Gasteiger partial charge in [0, 0.05) is 11.7 Å². The van der Waals surface area contributed by atoms with E-state index in [0.29, 0.717) is 17.0 Å². The van der Waals surface area contributed by atoms with E-state index in [1.165, 1.54) is 12.0 Å². The van der Waals surface area contributed by atoms with E-state index in [4.69, 9.17) is 16.2 Å². The van der Waals surface area contributed by atoms with E-state index in [2.05, 4.69) is 0 Å². The van der Waals surface area contributed by atoms with Gasteiger partial charge in [-0.1, -0.05) is 18.9 Å². The average molecular weight is 291 g/mol. The van der Waals surface area contributed by atoms with Crippen LogP contribution in [0.2, 0.25) is 0 Å². The van der Waals surface area contributed by atoms with Crippen molar-refractivity contribution in [3.05, 3.63) is 23.8 Å². The van der Waals surface area contributed by atoms with Crippen molar-refractivity contribution in [2.75, 3.05) is 19.4 Å². The minimum absolute atomic E-state index is 0.0364. The maximum atomic E-state index is 12.8. The molecule has 6 heteroatoms. The van der Waals surface area contributed by atoms with Crippen molar-refractivity contribution in [3.8, 4) is 5.75 Å². The summed E-state index contributed by atoms with van der Waals surface area (Å²) in [6, 6.07) is 5.08. The molecule has 4 N–H and O–H groups in total. The van der Waals surface area contributed by atoms with Crippen molar-refractivity contribution in [1.82, 2.24) is 4.90 Å². The largest absolute Gasteiger partial charge is 0.496 e. The average Bonchev–Trinajstić information content (AvgIpc) is 2.97. The number of anilines is 1. The summed E-state index contributed by atoms with van der Waals surface area (Å²) in [5.74, 6) is -0.410. The van der Waals surface area contributed by atoms with E-state index in [1.54, 1.807) is 18.2 Å². The number of ether oxygens (including phenoxy) is 1. The fourth-order valence-corrected chi connectivity index (χ4v) is 2.84. The van der Waals surface area contributed by atoms with Crippen LogP contribution in [0.1, 0.15) is 36.0 Å². The molecule has 114 valence electrons. The fourth-order valence-electron chi connectivity index (χ4n) is 2.84. The molecule has 0 saturated heterocycles. The van der Waals surface area contributed by atoms with Gasteiger partial charge in [-0.25, -0.2) is 0 Å². The predicted octanol–water partition coefficient (Wildman–Crippen LogP) is 1.15. The molecule has 0 radical (unpaired) electrons. The number of nitrogens with two attached hydrogens (primary N) is 2. The molecule has 2 amide bonds. The number of carbonyl (C=O) groups excluding carboxylic acids is 2. The van der Waals surface area contributed by atoms with Gasteiger partial charge >= 0.3 is 0 Å². The number of benzene rings is 1. The molecular formula is C15H21N3O3. The van der Waals surface area contributed by atoms with Crippen LogP contribution in [-0.2, 0) is 4.79 Å². The molecule has 1 fully saturated rings. The molecule has 2 rings (SSSR count). The van der Waals surface area contributed by atoms with Crippen molar-refractivity contribution >= 4 is 17.5 Å². The maximum absolute atomic E-state index is 12.8. The number of hydrogen-bond donors (Lipinski definition) is 2. The predicted molar refractivity (Wildman–Crippen MR) is 79.9 cm³/mol. The minimum atomic E-state index is -0.524. The van der Waals surface area contributed by atoms with E-state index < -0.39 is 5.91 Å². The number of nitrogens with zero attached hydrogens (tertiary/aromatic N) is 1. The first kappa shape index (κ1) is 15.2. The van der Waals surface area contributed by atoms with Crippen LogP contribution in [0.4, 0.5) is 5.69 Å². The van der Waals surface area contributed by atoms with Gasteiger partial charge < -0.3 is 21.1 Å². The normalized spacial score (nSPS) is 14.9. The topological polar surface area (TPSA) is 98.7 Å². The number of methoxy groups -OCH3 is 1. The monoisotopic (exact) mass is 291 g/mol. The second-order valence-electron chi connectivity index (χ2n) is 5.26. The maximum Gasteiger partial charge on any atom is 0.260 e.